The first-order chi connectivity index (χ1) is 35.5. The number of rotatable bonds is 7. The maximum Gasteiger partial charge on any atom is 0.252 e. The average Bonchev–Trinajstić information content (AvgIpc) is 3.85. The van der Waals surface area contributed by atoms with Crippen LogP contribution in [-0.4, -0.2) is 11.3 Å². The van der Waals surface area contributed by atoms with Crippen molar-refractivity contribution < 1.29 is 4.42 Å². The van der Waals surface area contributed by atoms with Gasteiger partial charge in [0.1, 0.15) is 11.0 Å². The van der Waals surface area contributed by atoms with Gasteiger partial charge in [-0.15, -0.1) is 0 Å². The van der Waals surface area contributed by atoms with Crippen LogP contribution in [0.4, 0.5) is 34.1 Å². The number of allylic oxidation sites excluding steroid dienone is 1. The number of anilines is 6. The van der Waals surface area contributed by atoms with Gasteiger partial charge in [-0.05, 0) is 153 Å². The maximum absolute atomic E-state index is 6.51. The second-order valence-corrected chi connectivity index (χ2v) is 24.3. The molecule has 0 unspecified atom stereocenters. The fourth-order valence-corrected chi connectivity index (χ4v) is 12.2. The summed E-state index contributed by atoms with van der Waals surface area (Å²) in [5.41, 5.74) is 27.2. The molecule has 0 bridgehead atoms. The summed E-state index contributed by atoms with van der Waals surface area (Å²) < 4.78 is 8.94. The van der Waals surface area contributed by atoms with Crippen LogP contribution in [0.2, 0.25) is 0 Å². The van der Waals surface area contributed by atoms with Crippen molar-refractivity contribution in [1.82, 2.24) is 4.57 Å². The number of hydrogen-bond acceptors (Lipinski definition) is 3. The minimum Gasteiger partial charge on any atom is -0.455 e. The molecular formula is C70H70BN3O. The molecule has 7 aromatic carbocycles. The zero-order valence-electron chi connectivity index (χ0n) is 46.4. The summed E-state index contributed by atoms with van der Waals surface area (Å²) in [6.07, 6.45) is 5.93. The van der Waals surface area contributed by atoms with E-state index in [-0.39, 0.29) is 23.0 Å². The Morgan fingerprint density at radius 2 is 1.13 bits per heavy atom. The van der Waals surface area contributed by atoms with Crippen LogP contribution in [0.5, 0.6) is 0 Å². The molecule has 5 heteroatoms. The highest BCUT2D eigenvalue weighted by Gasteiger charge is 2.46. The van der Waals surface area contributed by atoms with Crippen LogP contribution in [0, 0.1) is 27.7 Å². The first-order valence-electron chi connectivity index (χ1n) is 26.6. The minimum absolute atomic E-state index is 0.00441. The van der Waals surface area contributed by atoms with Gasteiger partial charge in [-0.3, -0.25) is 0 Å². The van der Waals surface area contributed by atoms with Gasteiger partial charge < -0.3 is 18.8 Å². The molecule has 4 heterocycles. The van der Waals surface area contributed by atoms with Gasteiger partial charge in [0, 0.05) is 55.6 Å². The summed E-state index contributed by atoms with van der Waals surface area (Å²) in [4.78, 5) is 5.17. The van der Waals surface area contributed by atoms with Gasteiger partial charge in [0.25, 0.3) is 6.71 Å². The number of para-hydroxylation sites is 2. The quantitative estimate of drug-likeness (QED) is 0.149. The molecule has 0 aliphatic carbocycles. The number of furan rings is 1. The number of benzene rings is 7. The van der Waals surface area contributed by atoms with Crippen molar-refractivity contribution in [3.8, 4) is 5.69 Å². The molecule has 4 nitrogen and oxygen atoms in total. The smallest absolute Gasteiger partial charge is 0.252 e. The Hall–Kier alpha value is -7.76. The minimum atomic E-state index is -0.190. The number of fused-ring (bicyclic) bond motifs is 6. The average molecular weight is 980 g/mol. The van der Waals surface area contributed by atoms with Crippen LogP contribution in [0.25, 0.3) is 51.9 Å². The summed E-state index contributed by atoms with van der Waals surface area (Å²) in [5, 5.41) is 3.01. The summed E-state index contributed by atoms with van der Waals surface area (Å²) in [6.45, 7) is 47.6. The Morgan fingerprint density at radius 1 is 0.533 bits per heavy atom. The van der Waals surface area contributed by atoms with Crippen LogP contribution in [0.15, 0.2) is 152 Å². The van der Waals surface area contributed by atoms with E-state index >= 15 is 0 Å². The molecule has 2 aliphatic rings. The van der Waals surface area contributed by atoms with Crippen molar-refractivity contribution in [3.05, 3.63) is 214 Å². The van der Waals surface area contributed by atoms with Gasteiger partial charge in [0.15, 0.2) is 0 Å². The van der Waals surface area contributed by atoms with E-state index in [9.17, 15) is 0 Å². The van der Waals surface area contributed by atoms with Crippen molar-refractivity contribution in [3.63, 3.8) is 0 Å². The van der Waals surface area contributed by atoms with Crippen LogP contribution in [0.1, 0.15) is 118 Å². The van der Waals surface area contributed by atoms with E-state index in [1.807, 2.05) is 36.4 Å². The number of aromatic nitrogens is 1. The highest BCUT2D eigenvalue weighted by atomic mass is 16.3. The standard InChI is InChI=1S/C70H70BN3O/c1-18-51(67-45(8)53-26-21-22-27-63(53)75-67)46-28-31-50(32-29-46)72-60-40-59-54(52(19-2)57(20-3)73(59)65-41(4)24-23-25-42(65)5)39-56(60)71-55-36-47(68(9,10)11)30-33-58(55)74(62-38-49(70(15,16)17)37-61(72)64(62)71)66-43(6)34-48(35-44(66)7)69(12,13)14/h18-40H,1-3,8H2,4-7,9-17H3/b67-51-. The van der Waals surface area contributed by atoms with Gasteiger partial charge >= 0.3 is 0 Å². The van der Waals surface area contributed by atoms with Crippen LogP contribution in [0.3, 0.4) is 0 Å². The van der Waals surface area contributed by atoms with Gasteiger partial charge in [0.2, 0.25) is 0 Å². The fourth-order valence-electron chi connectivity index (χ4n) is 12.2. The number of hydrogen-bond donors (Lipinski definition) is 0. The predicted octanol–water partition coefficient (Wildman–Crippen LogP) is 15.7. The molecule has 0 N–H and O–H groups in total. The third-order valence-electron chi connectivity index (χ3n) is 16.2. The van der Waals surface area contributed by atoms with Crippen molar-refractivity contribution >= 4 is 103 Å². The topological polar surface area (TPSA) is 24.6 Å². The SMILES string of the molecule is C=C/C(c1ccc(N2c3cc4c(cc3B3c5cc(C(C)(C)C)ccc5N(c5c(C)cc(C(C)(C)C)cc5C)c5cc(C(C)(C)C)cc2c53)c(C=C)c(C=C)n4-c2c(C)cccc2C)cc1)=c1/oc2ccccc2c1=C. The van der Waals surface area contributed by atoms with E-state index in [1.54, 1.807) is 0 Å². The zero-order chi connectivity index (χ0) is 53.4. The van der Waals surface area contributed by atoms with Crippen molar-refractivity contribution in [1.29, 1.82) is 0 Å². The molecule has 374 valence electrons. The lowest BCUT2D eigenvalue weighted by Gasteiger charge is -2.46. The molecule has 0 saturated heterocycles. The first-order valence-corrected chi connectivity index (χ1v) is 26.6. The second kappa shape index (κ2) is 17.4. The molecule has 2 aromatic heterocycles. The van der Waals surface area contributed by atoms with Crippen molar-refractivity contribution in [2.45, 2.75) is 106 Å². The van der Waals surface area contributed by atoms with E-state index in [0.717, 1.165) is 72.0 Å². The molecule has 0 radical (unpaired) electrons. The third kappa shape index (κ3) is 7.72. The van der Waals surface area contributed by atoms with Gasteiger partial charge in [-0.25, -0.2) is 0 Å². The Kier molecular flexibility index (Phi) is 11.5. The van der Waals surface area contributed by atoms with Gasteiger partial charge in [0.05, 0.1) is 22.6 Å². The first kappa shape index (κ1) is 49.5. The molecule has 9 aromatic rings. The molecule has 0 amide bonds. The van der Waals surface area contributed by atoms with Crippen LogP contribution in [-0.2, 0) is 16.2 Å². The summed E-state index contributed by atoms with van der Waals surface area (Å²) >= 11 is 0. The molecule has 0 saturated carbocycles. The molecule has 2 aliphatic heterocycles. The van der Waals surface area contributed by atoms with Gasteiger partial charge in [-0.2, -0.15) is 0 Å². The second-order valence-electron chi connectivity index (χ2n) is 24.3. The molecule has 0 fully saturated rings. The lowest BCUT2D eigenvalue weighted by molar-refractivity contribution is 0.573. The normalized spacial score (nSPS) is 13.7. The van der Waals surface area contributed by atoms with Crippen molar-refractivity contribution in [2.75, 3.05) is 9.80 Å². The van der Waals surface area contributed by atoms with E-state index in [1.165, 1.54) is 78.1 Å². The number of nitrogens with zero attached hydrogens (tertiary/aromatic N) is 3. The van der Waals surface area contributed by atoms with E-state index in [2.05, 4.69) is 234 Å². The third-order valence-corrected chi connectivity index (χ3v) is 16.2. The van der Waals surface area contributed by atoms with E-state index in [0.29, 0.717) is 0 Å². The Labute approximate surface area is 445 Å². The van der Waals surface area contributed by atoms with Crippen LogP contribution >= 0.6 is 0 Å². The Balaban J connectivity index is 1.29. The number of aryl methyl sites for hydroxylation is 4. The highest BCUT2D eigenvalue weighted by Crippen LogP contribution is 2.49. The van der Waals surface area contributed by atoms with Gasteiger partial charge in [-0.1, -0.05) is 180 Å². The Bertz CT molecular complexity index is 3980. The monoisotopic (exact) mass is 980 g/mol. The summed E-state index contributed by atoms with van der Waals surface area (Å²) in [5.74, 6) is 0. The van der Waals surface area contributed by atoms with E-state index < -0.39 is 0 Å². The largest absolute Gasteiger partial charge is 0.455 e. The van der Waals surface area contributed by atoms with E-state index in [4.69, 9.17) is 4.42 Å². The molecular weight excluding hydrogens is 910 g/mol. The predicted molar refractivity (Wildman–Crippen MR) is 326 cm³/mol. The molecule has 75 heavy (non-hydrogen) atoms. The Morgan fingerprint density at radius 3 is 1.72 bits per heavy atom. The lowest BCUT2D eigenvalue weighted by atomic mass is 9.33. The molecule has 0 atom stereocenters. The highest BCUT2D eigenvalue weighted by molar-refractivity contribution is 7.00. The fraction of sp³-hybridized carbons (Fsp3) is 0.229. The maximum atomic E-state index is 6.51. The van der Waals surface area contributed by atoms with Crippen molar-refractivity contribution in [2.24, 2.45) is 0 Å². The summed E-state index contributed by atoms with van der Waals surface area (Å²) in [7, 11) is 0. The zero-order valence-corrected chi connectivity index (χ0v) is 46.4. The molecule has 11 rings (SSSR count). The molecule has 0 spiro atoms. The summed E-state index contributed by atoms with van der Waals surface area (Å²) in [6, 6.07) is 45.8. The van der Waals surface area contributed by atoms with Crippen LogP contribution < -0.4 is 36.8 Å². The lowest BCUT2D eigenvalue weighted by Crippen LogP contribution is -2.61.